The van der Waals surface area contributed by atoms with Crippen molar-refractivity contribution in [3.05, 3.63) is 33.3 Å². The summed E-state index contributed by atoms with van der Waals surface area (Å²) < 4.78 is 0.863. The largest absolute Gasteiger partial charge is 0.351 e. The highest BCUT2D eigenvalue weighted by Gasteiger charge is 2.32. The van der Waals surface area contributed by atoms with Crippen LogP contribution in [-0.4, -0.2) is 12.5 Å². The molecule has 1 aromatic carbocycles. The van der Waals surface area contributed by atoms with Crippen molar-refractivity contribution in [3.63, 3.8) is 0 Å². The lowest BCUT2D eigenvalue weighted by Crippen LogP contribution is -2.40. The van der Waals surface area contributed by atoms with Crippen LogP contribution in [0, 0.1) is 5.41 Å². The molecule has 1 fully saturated rings. The molecule has 1 amide bonds. The van der Waals surface area contributed by atoms with Crippen molar-refractivity contribution in [2.45, 2.75) is 26.2 Å². The van der Waals surface area contributed by atoms with Gasteiger partial charge in [0.2, 0.25) is 0 Å². The lowest BCUT2D eigenvalue weighted by molar-refractivity contribution is 0.0891. The summed E-state index contributed by atoms with van der Waals surface area (Å²) in [6.45, 7) is 2.94. The van der Waals surface area contributed by atoms with Crippen molar-refractivity contribution in [2.24, 2.45) is 5.41 Å². The van der Waals surface area contributed by atoms with Gasteiger partial charge in [-0.05, 0) is 36.5 Å². The maximum absolute atomic E-state index is 12.0. The zero-order valence-corrected chi connectivity index (χ0v) is 12.1. The summed E-state index contributed by atoms with van der Waals surface area (Å²) in [5.74, 6) is -0.0931. The molecule has 1 saturated carbocycles. The van der Waals surface area contributed by atoms with E-state index < -0.39 is 0 Å². The monoisotopic (exact) mass is 315 g/mol. The molecule has 0 atom stereocenters. The van der Waals surface area contributed by atoms with Crippen molar-refractivity contribution in [2.75, 3.05) is 6.54 Å². The third-order valence-electron chi connectivity index (χ3n) is 3.41. The minimum Gasteiger partial charge on any atom is -0.351 e. The Balaban J connectivity index is 2.01. The minimum absolute atomic E-state index is 0.0931. The number of carbonyl (C=O) groups is 1. The van der Waals surface area contributed by atoms with Gasteiger partial charge < -0.3 is 5.32 Å². The number of halogens is 2. The average Bonchev–Trinajstić information content (AvgIpc) is 2.26. The first-order valence-electron chi connectivity index (χ1n) is 5.73. The van der Waals surface area contributed by atoms with Crippen LogP contribution in [0.25, 0.3) is 0 Å². The number of hydrogen-bond donors (Lipinski definition) is 1. The number of benzene rings is 1. The molecule has 0 saturated heterocycles. The first-order valence-corrected chi connectivity index (χ1v) is 6.91. The van der Waals surface area contributed by atoms with Gasteiger partial charge in [0.15, 0.2) is 0 Å². The second-order valence-corrected chi connectivity index (χ2v) is 6.29. The van der Waals surface area contributed by atoms with E-state index in [1.54, 1.807) is 12.1 Å². The average molecular weight is 317 g/mol. The molecule has 0 radical (unpaired) electrons. The summed E-state index contributed by atoms with van der Waals surface area (Å²) in [6.07, 6.45) is 3.66. The molecular formula is C13H15BrClNO. The van der Waals surface area contributed by atoms with Gasteiger partial charge >= 0.3 is 0 Å². The summed E-state index contributed by atoms with van der Waals surface area (Å²) in [4.78, 5) is 12.0. The Labute approximate surface area is 115 Å². The predicted molar refractivity (Wildman–Crippen MR) is 73.4 cm³/mol. The molecule has 1 aliphatic carbocycles. The van der Waals surface area contributed by atoms with E-state index in [0.717, 1.165) is 11.0 Å². The molecule has 1 N–H and O–H groups in total. The number of carbonyl (C=O) groups excluding carboxylic acids is 1. The number of rotatable bonds is 3. The molecule has 0 aromatic heterocycles. The van der Waals surface area contributed by atoms with Gasteiger partial charge in [-0.1, -0.05) is 40.9 Å². The predicted octanol–water partition coefficient (Wildman–Crippen LogP) is 4.02. The van der Waals surface area contributed by atoms with Gasteiger partial charge in [-0.25, -0.2) is 0 Å². The van der Waals surface area contributed by atoms with Crippen molar-refractivity contribution < 1.29 is 4.79 Å². The van der Waals surface area contributed by atoms with Crippen LogP contribution < -0.4 is 5.32 Å². The molecule has 1 aliphatic rings. The van der Waals surface area contributed by atoms with Crippen LogP contribution in [0.1, 0.15) is 36.5 Å². The van der Waals surface area contributed by atoms with Crippen molar-refractivity contribution in [1.29, 1.82) is 0 Å². The van der Waals surface area contributed by atoms with Crippen molar-refractivity contribution in [3.8, 4) is 0 Å². The Morgan fingerprint density at radius 2 is 2.24 bits per heavy atom. The molecule has 2 nitrogen and oxygen atoms in total. The maximum atomic E-state index is 12.0. The van der Waals surface area contributed by atoms with Gasteiger partial charge in [-0.2, -0.15) is 0 Å². The second kappa shape index (κ2) is 4.99. The Morgan fingerprint density at radius 3 is 2.82 bits per heavy atom. The van der Waals surface area contributed by atoms with E-state index in [9.17, 15) is 4.79 Å². The number of nitrogens with one attached hydrogen (secondary N) is 1. The van der Waals surface area contributed by atoms with Gasteiger partial charge in [0.25, 0.3) is 5.91 Å². The smallest absolute Gasteiger partial charge is 0.252 e. The topological polar surface area (TPSA) is 29.1 Å². The van der Waals surface area contributed by atoms with Crippen LogP contribution in [-0.2, 0) is 0 Å². The van der Waals surface area contributed by atoms with Crippen molar-refractivity contribution >= 4 is 33.4 Å². The first kappa shape index (κ1) is 12.9. The van der Waals surface area contributed by atoms with Crippen molar-refractivity contribution in [1.82, 2.24) is 5.32 Å². The van der Waals surface area contributed by atoms with E-state index in [0.29, 0.717) is 10.6 Å². The molecule has 0 spiro atoms. The van der Waals surface area contributed by atoms with E-state index >= 15 is 0 Å². The van der Waals surface area contributed by atoms with Gasteiger partial charge in [0.1, 0.15) is 0 Å². The fourth-order valence-electron chi connectivity index (χ4n) is 2.02. The third kappa shape index (κ3) is 3.02. The van der Waals surface area contributed by atoms with Crippen LogP contribution in [0.3, 0.4) is 0 Å². The molecule has 4 heteroatoms. The highest BCUT2D eigenvalue weighted by molar-refractivity contribution is 9.10. The lowest BCUT2D eigenvalue weighted by atomic mass is 9.70. The second-order valence-electron chi connectivity index (χ2n) is 4.97. The fraction of sp³-hybridized carbons (Fsp3) is 0.462. The third-order valence-corrected chi connectivity index (χ3v) is 4.23. The quantitative estimate of drug-likeness (QED) is 0.896. The molecule has 0 aliphatic heterocycles. The Kier molecular flexibility index (Phi) is 3.79. The Hall–Kier alpha value is -0.540. The molecule has 17 heavy (non-hydrogen) atoms. The van der Waals surface area contributed by atoms with Gasteiger partial charge in [0, 0.05) is 11.0 Å². The highest BCUT2D eigenvalue weighted by Crippen LogP contribution is 2.39. The van der Waals surface area contributed by atoms with Gasteiger partial charge in [-0.3, -0.25) is 4.79 Å². The van der Waals surface area contributed by atoms with E-state index in [1.165, 1.54) is 19.3 Å². The standard InChI is InChI=1S/C13H15BrClNO/c1-13(5-2-6-13)8-16-12(17)10-7-9(14)3-4-11(10)15/h3-4,7H,2,5-6,8H2,1H3,(H,16,17). The van der Waals surface area contributed by atoms with E-state index in [2.05, 4.69) is 28.2 Å². The maximum Gasteiger partial charge on any atom is 0.252 e. The lowest BCUT2D eigenvalue weighted by Gasteiger charge is -2.38. The van der Waals surface area contributed by atoms with E-state index in [4.69, 9.17) is 11.6 Å². The molecule has 0 heterocycles. The summed E-state index contributed by atoms with van der Waals surface area (Å²) in [5.41, 5.74) is 0.817. The Bertz CT molecular complexity index is 443. The normalized spacial score (nSPS) is 17.4. The minimum atomic E-state index is -0.0931. The zero-order chi connectivity index (χ0) is 12.5. The van der Waals surface area contributed by atoms with Crippen LogP contribution in [0.4, 0.5) is 0 Å². The summed E-state index contributed by atoms with van der Waals surface area (Å²) in [6, 6.07) is 5.30. The van der Waals surface area contributed by atoms with Crippen LogP contribution >= 0.6 is 27.5 Å². The van der Waals surface area contributed by atoms with E-state index in [-0.39, 0.29) is 11.3 Å². The van der Waals surface area contributed by atoms with Gasteiger partial charge in [0.05, 0.1) is 10.6 Å². The number of hydrogen-bond acceptors (Lipinski definition) is 1. The molecule has 0 bridgehead atoms. The van der Waals surface area contributed by atoms with Crippen LogP contribution in [0.2, 0.25) is 5.02 Å². The van der Waals surface area contributed by atoms with Crippen LogP contribution in [0.5, 0.6) is 0 Å². The van der Waals surface area contributed by atoms with Crippen LogP contribution in [0.15, 0.2) is 22.7 Å². The fourth-order valence-corrected chi connectivity index (χ4v) is 2.58. The molecule has 1 aromatic rings. The Morgan fingerprint density at radius 1 is 1.53 bits per heavy atom. The first-order chi connectivity index (χ1) is 8.00. The summed E-state index contributed by atoms with van der Waals surface area (Å²) >= 11 is 9.35. The van der Waals surface area contributed by atoms with E-state index in [1.807, 2.05) is 6.07 Å². The summed E-state index contributed by atoms with van der Waals surface area (Å²) in [7, 11) is 0. The highest BCUT2D eigenvalue weighted by atomic mass is 79.9. The summed E-state index contributed by atoms with van der Waals surface area (Å²) in [5, 5.41) is 3.46. The zero-order valence-electron chi connectivity index (χ0n) is 9.72. The SMILES string of the molecule is CC1(CNC(=O)c2cc(Br)ccc2Cl)CCC1. The van der Waals surface area contributed by atoms with Gasteiger partial charge in [-0.15, -0.1) is 0 Å². The number of amides is 1. The molecule has 92 valence electrons. The molecular weight excluding hydrogens is 302 g/mol. The molecule has 2 rings (SSSR count). The molecule has 0 unspecified atom stereocenters.